The molecule has 3 rings (SSSR count). The van der Waals surface area contributed by atoms with Crippen molar-refractivity contribution in [2.75, 3.05) is 18.5 Å². The van der Waals surface area contributed by atoms with Gasteiger partial charge in [-0.25, -0.2) is 0 Å². The van der Waals surface area contributed by atoms with Gasteiger partial charge in [0.25, 0.3) is 11.1 Å². The number of nitro benzene ring substituents is 1. The number of benzene rings is 2. The number of phenolic OH excluding ortho intramolecular Hbond substituents is 1. The zero-order valence-electron chi connectivity index (χ0n) is 19.0. The van der Waals surface area contributed by atoms with E-state index in [4.69, 9.17) is 4.74 Å². The third-order valence-electron chi connectivity index (χ3n) is 4.99. The summed E-state index contributed by atoms with van der Waals surface area (Å²) in [5, 5.41) is 23.4. The van der Waals surface area contributed by atoms with Crippen molar-refractivity contribution in [3.63, 3.8) is 0 Å². The second kappa shape index (κ2) is 9.96. The Morgan fingerprint density at radius 3 is 2.44 bits per heavy atom. The number of nitro groups is 1. The monoisotopic (exact) mass is 485 g/mol. The lowest BCUT2D eigenvalue weighted by molar-refractivity contribution is -0.386. The summed E-state index contributed by atoms with van der Waals surface area (Å²) in [7, 11) is 0. The van der Waals surface area contributed by atoms with Crippen LogP contribution in [0.4, 0.5) is 16.2 Å². The largest absolute Gasteiger partial charge is 0.500 e. The third kappa shape index (κ3) is 5.20. The molecule has 34 heavy (non-hydrogen) atoms. The van der Waals surface area contributed by atoms with E-state index in [1.54, 1.807) is 6.92 Å². The maximum Gasteiger partial charge on any atom is 0.315 e. The number of anilines is 1. The molecule has 1 aliphatic rings. The van der Waals surface area contributed by atoms with Gasteiger partial charge < -0.3 is 15.2 Å². The molecule has 0 bridgehead atoms. The average Bonchev–Trinajstić information content (AvgIpc) is 3.00. The van der Waals surface area contributed by atoms with Crippen LogP contribution in [0.15, 0.2) is 29.2 Å². The van der Waals surface area contributed by atoms with Crippen LogP contribution >= 0.6 is 11.8 Å². The van der Waals surface area contributed by atoms with E-state index in [1.165, 1.54) is 12.1 Å². The minimum absolute atomic E-state index is 0.0112. The van der Waals surface area contributed by atoms with Crippen LogP contribution in [0, 0.1) is 30.9 Å². The summed E-state index contributed by atoms with van der Waals surface area (Å²) in [6.45, 7) is 6.97. The first kappa shape index (κ1) is 24.8. The molecule has 1 fully saturated rings. The molecule has 1 heterocycles. The van der Waals surface area contributed by atoms with Crippen LogP contribution in [0.3, 0.4) is 0 Å². The lowest BCUT2D eigenvalue weighted by Crippen LogP contribution is -2.36. The summed E-state index contributed by atoms with van der Waals surface area (Å²) < 4.78 is 5.23. The quantitative estimate of drug-likeness (QED) is 0.336. The van der Waals surface area contributed by atoms with Crippen molar-refractivity contribution >= 4 is 46.3 Å². The molecule has 2 aromatic rings. The predicted molar refractivity (Wildman–Crippen MR) is 128 cm³/mol. The summed E-state index contributed by atoms with van der Waals surface area (Å²) in [5.41, 5.74) is 2.98. The predicted octanol–water partition coefficient (Wildman–Crippen LogP) is 4.30. The van der Waals surface area contributed by atoms with Gasteiger partial charge in [0.15, 0.2) is 5.75 Å². The number of imide groups is 1. The Bertz CT molecular complexity index is 1220. The van der Waals surface area contributed by atoms with Gasteiger partial charge in [-0.05, 0) is 68.3 Å². The molecule has 0 aromatic heterocycles. The van der Waals surface area contributed by atoms with Crippen LogP contribution in [0.2, 0.25) is 0 Å². The molecule has 10 nitrogen and oxygen atoms in total. The van der Waals surface area contributed by atoms with Gasteiger partial charge in [-0.2, -0.15) is 0 Å². The number of phenols is 1. The fourth-order valence-corrected chi connectivity index (χ4v) is 4.43. The number of nitrogens with one attached hydrogen (secondary N) is 1. The summed E-state index contributed by atoms with van der Waals surface area (Å²) >= 11 is 0.616. The molecule has 2 aromatic carbocycles. The number of hydrogen-bond acceptors (Lipinski definition) is 8. The van der Waals surface area contributed by atoms with Crippen LogP contribution in [-0.2, 0) is 9.59 Å². The number of carbonyl (C=O) groups is 3. The van der Waals surface area contributed by atoms with E-state index in [0.29, 0.717) is 17.4 Å². The van der Waals surface area contributed by atoms with Gasteiger partial charge in [0, 0.05) is 11.8 Å². The van der Waals surface area contributed by atoms with E-state index in [1.807, 2.05) is 32.9 Å². The number of thioether (sulfide) groups is 1. The first-order chi connectivity index (χ1) is 16.0. The lowest BCUT2D eigenvalue weighted by Gasteiger charge is -2.15. The molecular formula is C23H23N3O7S. The summed E-state index contributed by atoms with van der Waals surface area (Å²) in [4.78, 5) is 49.1. The van der Waals surface area contributed by atoms with E-state index in [2.05, 4.69) is 5.32 Å². The van der Waals surface area contributed by atoms with Crippen LogP contribution in [0.25, 0.3) is 6.08 Å². The number of nitrogens with zero attached hydrogens (tertiary/aromatic N) is 2. The van der Waals surface area contributed by atoms with E-state index >= 15 is 0 Å². The van der Waals surface area contributed by atoms with Crippen molar-refractivity contribution in [1.82, 2.24) is 4.90 Å². The molecule has 3 amide bonds. The van der Waals surface area contributed by atoms with Gasteiger partial charge in [-0.3, -0.25) is 29.4 Å². The molecule has 1 aliphatic heterocycles. The van der Waals surface area contributed by atoms with Crippen molar-refractivity contribution in [3.8, 4) is 11.5 Å². The molecule has 0 unspecified atom stereocenters. The Morgan fingerprint density at radius 2 is 1.85 bits per heavy atom. The normalized spacial score (nSPS) is 14.6. The van der Waals surface area contributed by atoms with Crippen molar-refractivity contribution in [1.29, 1.82) is 0 Å². The molecule has 178 valence electrons. The van der Waals surface area contributed by atoms with E-state index in [9.17, 15) is 29.6 Å². The van der Waals surface area contributed by atoms with E-state index in [0.717, 1.165) is 27.7 Å². The van der Waals surface area contributed by atoms with Crippen LogP contribution in [0.1, 0.15) is 29.2 Å². The van der Waals surface area contributed by atoms with E-state index < -0.39 is 40.0 Å². The number of aromatic hydroxyl groups is 1. The Labute approximate surface area is 199 Å². The molecule has 0 spiro atoms. The van der Waals surface area contributed by atoms with Gasteiger partial charge in [-0.15, -0.1) is 0 Å². The SMILES string of the molecule is CCOc1cc(/C=C2\SC(=O)N(CC(=O)Nc3c(C)cc(C)cc3C)C2=O)cc([N+](=O)[O-])c1O. The number of amides is 3. The first-order valence-corrected chi connectivity index (χ1v) is 11.1. The lowest BCUT2D eigenvalue weighted by atomic mass is 10.1. The van der Waals surface area contributed by atoms with Crippen LogP contribution in [-0.4, -0.2) is 45.1 Å². The smallest absolute Gasteiger partial charge is 0.315 e. The van der Waals surface area contributed by atoms with Crippen LogP contribution < -0.4 is 10.1 Å². The minimum atomic E-state index is -0.777. The Morgan fingerprint density at radius 1 is 1.21 bits per heavy atom. The average molecular weight is 486 g/mol. The number of rotatable bonds is 7. The highest BCUT2D eigenvalue weighted by atomic mass is 32.2. The number of aryl methyl sites for hydroxylation is 3. The van der Waals surface area contributed by atoms with Crippen molar-refractivity contribution in [2.24, 2.45) is 0 Å². The minimum Gasteiger partial charge on any atom is -0.500 e. The van der Waals surface area contributed by atoms with Gasteiger partial charge in [0.2, 0.25) is 11.7 Å². The molecule has 1 saturated heterocycles. The van der Waals surface area contributed by atoms with Crippen molar-refractivity contribution in [3.05, 3.63) is 61.5 Å². The second-order valence-electron chi connectivity index (χ2n) is 7.67. The summed E-state index contributed by atoms with van der Waals surface area (Å²) in [6, 6.07) is 6.23. The Balaban J connectivity index is 1.82. The topological polar surface area (TPSA) is 139 Å². The zero-order valence-corrected chi connectivity index (χ0v) is 19.8. The fraction of sp³-hybridized carbons (Fsp3) is 0.261. The van der Waals surface area contributed by atoms with Gasteiger partial charge >= 0.3 is 5.69 Å². The zero-order chi connectivity index (χ0) is 25.2. The van der Waals surface area contributed by atoms with Gasteiger partial charge in [0.05, 0.1) is 16.4 Å². The highest BCUT2D eigenvalue weighted by Crippen LogP contribution is 2.39. The maximum absolute atomic E-state index is 12.8. The number of hydrogen-bond donors (Lipinski definition) is 2. The van der Waals surface area contributed by atoms with Crippen LogP contribution in [0.5, 0.6) is 11.5 Å². The highest BCUT2D eigenvalue weighted by Gasteiger charge is 2.36. The van der Waals surface area contributed by atoms with Crippen molar-refractivity contribution < 1.29 is 29.2 Å². The Hall–Kier alpha value is -3.86. The first-order valence-electron chi connectivity index (χ1n) is 10.3. The molecule has 0 aliphatic carbocycles. The Kier molecular flexibility index (Phi) is 7.26. The molecule has 0 radical (unpaired) electrons. The summed E-state index contributed by atoms with van der Waals surface area (Å²) in [6.07, 6.45) is 1.28. The third-order valence-corrected chi connectivity index (χ3v) is 5.90. The van der Waals surface area contributed by atoms with Crippen molar-refractivity contribution in [2.45, 2.75) is 27.7 Å². The van der Waals surface area contributed by atoms with Gasteiger partial charge in [-0.1, -0.05) is 17.7 Å². The summed E-state index contributed by atoms with van der Waals surface area (Å²) in [5.74, 6) is -1.98. The molecule has 0 atom stereocenters. The maximum atomic E-state index is 12.8. The number of carbonyl (C=O) groups excluding carboxylic acids is 3. The highest BCUT2D eigenvalue weighted by molar-refractivity contribution is 8.18. The molecule has 2 N–H and O–H groups in total. The molecule has 0 saturated carbocycles. The fourth-order valence-electron chi connectivity index (χ4n) is 3.59. The van der Waals surface area contributed by atoms with Gasteiger partial charge in [0.1, 0.15) is 6.54 Å². The second-order valence-corrected chi connectivity index (χ2v) is 8.66. The van der Waals surface area contributed by atoms with E-state index in [-0.39, 0.29) is 22.8 Å². The standard InChI is InChI=1S/C23H23N3O7S/c1-5-33-17-9-15(8-16(21(17)28)26(31)32)10-18-22(29)25(23(30)34-18)11-19(27)24-20-13(3)6-12(2)7-14(20)4/h6-10,28H,5,11H2,1-4H3,(H,24,27)/b18-10-. The molecular weight excluding hydrogens is 462 g/mol. The number of ether oxygens (including phenoxy) is 1. The molecule has 11 heteroatoms.